The van der Waals surface area contributed by atoms with E-state index in [0.717, 1.165) is 38.3 Å². The van der Waals surface area contributed by atoms with Gasteiger partial charge in [0.25, 0.3) is 5.91 Å². The van der Waals surface area contributed by atoms with Gasteiger partial charge < -0.3 is 15.1 Å². The summed E-state index contributed by atoms with van der Waals surface area (Å²) in [5, 5.41) is 3.12. The molecule has 0 spiro atoms. The van der Waals surface area contributed by atoms with Crippen LogP contribution in [0.5, 0.6) is 0 Å². The quantitative estimate of drug-likeness (QED) is 0.740. The van der Waals surface area contributed by atoms with Gasteiger partial charge in [-0.05, 0) is 70.3 Å². The molecule has 4 heteroatoms. The van der Waals surface area contributed by atoms with E-state index in [1.54, 1.807) is 0 Å². The van der Waals surface area contributed by atoms with Gasteiger partial charge >= 0.3 is 0 Å². The first-order chi connectivity index (χ1) is 12.0. The maximum absolute atomic E-state index is 12.4. The summed E-state index contributed by atoms with van der Waals surface area (Å²) < 4.78 is 0. The highest BCUT2D eigenvalue weighted by Gasteiger charge is 2.24. The molecule has 1 atom stereocenters. The zero-order valence-electron chi connectivity index (χ0n) is 16.4. The van der Waals surface area contributed by atoms with Crippen molar-refractivity contribution >= 4 is 11.6 Å². The smallest absolute Gasteiger partial charge is 0.251 e. The molecule has 1 fully saturated rings. The Morgan fingerprint density at radius 3 is 2.56 bits per heavy atom. The van der Waals surface area contributed by atoms with Gasteiger partial charge in [0, 0.05) is 43.5 Å². The number of amides is 1. The lowest BCUT2D eigenvalue weighted by atomic mass is 10.1. The Balaban J connectivity index is 1.84. The summed E-state index contributed by atoms with van der Waals surface area (Å²) in [7, 11) is 0. The van der Waals surface area contributed by atoms with Crippen LogP contribution < -0.4 is 10.2 Å². The summed E-state index contributed by atoms with van der Waals surface area (Å²) in [4.78, 5) is 17.3. The van der Waals surface area contributed by atoms with Gasteiger partial charge in [0.2, 0.25) is 0 Å². The van der Waals surface area contributed by atoms with E-state index in [1.807, 2.05) is 12.1 Å². The molecule has 0 saturated carbocycles. The third-order valence-corrected chi connectivity index (χ3v) is 5.26. The minimum absolute atomic E-state index is 0.0474. The van der Waals surface area contributed by atoms with Crippen molar-refractivity contribution in [3.8, 4) is 0 Å². The number of benzene rings is 1. The SMILES string of the molecule is CCCCN(CC)c1ccc(C(=O)NCC2CCN(C(C)C)C2)cc1. The zero-order chi connectivity index (χ0) is 18.2. The second-order valence-electron chi connectivity index (χ2n) is 7.43. The number of carbonyl (C=O) groups excluding carboxylic acids is 1. The highest BCUT2D eigenvalue weighted by atomic mass is 16.1. The molecule has 1 aliphatic heterocycles. The zero-order valence-corrected chi connectivity index (χ0v) is 16.4. The van der Waals surface area contributed by atoms with E-state index >= 15 is 0 Å². The van der Waals surface area contributed by atoms with Crippen LogP contribution in [-0.4, -0.2) is 49.6 Å². The Kier molecular flexibility index (Phi) is 7.76. The van der Waals surface area contributed by atoms with Gasteiger partial charge in [-0.1, -0.05) is 13.3 Å². The predicted molar refractivity (Wildman–Crippen MR) is 106 cm³/mol. The first-order valence-corrected chi connectivity index (χ1v) is 9.92. The number of hydrogen-bond acceptors (Lipinski definition) is 3. The maximum atomic E-state index is 12.4. The van der Waals surface area contributed by atoms with Crippen molar-refractivity contribution in [2.45, 2.75) is 53.0 Å². The third kappa shape index (κ3) is 5.74. The highest BCUT2D eigenvalue weighted by molar-refractivity contribution is 5.94. The average molecular weight is 346 g/mol. The summed E-state index contributed by atoms with van der Waals surface area (Å²) >= 11 is 0. The lowest BCUT2D eigenvalue weighted by molar-refractivity contribution is 0.0947. The topological polar surface area (TPSA) is 35.6 Å². The van der Waals surface area contributed by atoms with Crippen molar-refractivity contribution in [1.82, 2.24) is 10.2 Å². The molecular weight excluding hydrogens is 310 g/mol. The number of nitrogens with one attached hydrogen (secondary N) is 1. The lowest BCUT2D eigenvalue weighted by Crippen LogP contribution is -2.33. The molecule has 1 unspecified atom stereocenters. The Morgan fingerprint density at radius 1 is 1.28 bits per heavy atom. The van der Waals surface area contributed by atoms with Crippen LogP contribution in [0.4, 0.5) is 5.69 Å². The Morgan fingerprint density at radius 2 is 2.00 bits per heavy atom. The van der Waals surface area contributed by atoms with Crippen LogP contribution in [-0.2, 0) is 0 Å². The molecule has 0 bridgehead atoms. The number of unbranched alkanes of at least 4 members (excludes halogenated alkanes) is 1. The number of nitrogens with zero attached hydrogens (tertiary/aromatic N) is 2. The minimum atomic E-state index is 0.0474. The molecule has 0 aliphatic carbocycles. The summed E-state index contributed by atoms with van der Waals surface area (Å²) in [5.41, 5.74) is 1.96. The molecule has 1 aromatic carbocycles. The van der Waals surface area contributed by atoms with Gasteiger partial charge in [0.1, 0.15) is 0 Å². The molecule has 1 N–H and O–H groups in total. The van der Waals surface area contributed by atoms with Gasteiger partial charge in [-0.3, -0.25) is 4.79 Å². The van der Waals surface area contributed by atoms with E-state index in [2.05, 4.69) is 54.9 Å². The van der Waals surface area contributed by atoms with Crippen molar-refractivity contribution in [2.24, 2.45) is 5.92 Å². The standard InChI is InChI=1S/C21H35N3O/c1-5-7-13-23(6-2)20-10-8-19(9-11-20)21(25)22-15-18-12-14-24(16-18)17(3)4/h8-11,17-18H,5-7,12-16H2,1-4H3,(H,22,25). The first-order valence-electron chi connectivity index (χ1n) is 9.92. The van der Waals surface area contributed by atoms with Gasteiger partial charge in [-0.2, -0.15) is 0 Å². The lowest BCUT2D eigenvalue weighted by Gasteiger charge is -2.23. The van der Waals surface area contributed by atoms with Crippen LogP contribution >= 0.6 is 0 Å². The van der Waals surface area contributed by atoms with Crippen LogP contribution in [0, 0.1) is 5.92 Å². The van der Waals surface area contributed by atoms with Gasteiger partial charge in [0.05, 0.1) is 0 Å². The molecule has 0 radical (unpaired) electrons. The predicted octanol–water partition coefficient (Wildman–Crippen LogP) is 3.77. The molecule has 1 heterocycles. The Labute approximate surface area is 153 Å². The highest BCUT2D eigenvalue weighted by Crippen LogP contribution is 2.18. The molecule has 25 heavy (non-hydrogen) atoms. The molecule has 2 rings (SSSR count). The van der Waals surface area contributed by atoms with E-state index in [4.69, 9.17) is 0 Å². The fourth-order valence-electron chi connectivity index (χ4n) is 3.48. The maximum Gasteiger partial charge on any atom is 0.251 e. The molecule has 1 saturated heterocycles. The van der Waals surface area contributed by atoms with Crippen LogP contribution in [0.1, 0.15) is 57.3 Å². The van der Waals surface area contributed by atoms with Crippen LogP contribution in [0.25, 0.3) is 0 Å². The Bertz CT molecular complexity index is 526. The molecule has 1 aromatic rings. The van der Waals surface area contributed by atoms with E-state index in [9.17, 15) is 4.79 Å². The van der Waals surface area contributed by atoms with Crippen LogP contribution in [0.3, 0.4) is 0 Å². The fraction of sp³-hybridized carbons (Fsp3) is 0.667. The summed E-state index contributed by atoms with van der Waals surface area (Å²) in [6, 6.07) is 8.65. The molecule has 4 nitrogen and oxygen atoms in total. The van der Waals surface area contributed by atoms with Gasteiger partial charge in [0.15, 0.2) is 0 Å². The van der Waals surface area contributed by atoms with Crippen molar-refractivity contribution in [3.63, 3.8) is 0 Å². The van der Waals surface area contributed by atoms with E-state index in [-0.39, 0.29) is 5.91 Å². The van der Waals surface area contributed by atoms with Crippen LogP contribution in [0.2, 0.25) is 0 Å². The van der Waals surface area contributed by atoms with Crippen LogP contribution in [0.15, 0.2) is 24.3 Å². The number of likely N-dealkylation sites (tertiary alicyclic amines) is 1. The Hall–Kier alpha value is -1.55. The van der Waals surface area contributed by atoms with Crippen molar-refractivity contribution < 1.29 is 4.79 Å². The van der Waals surface area contributed by atoms with E-state index < -0.39 is 0 Å². The van der Waals surface area contributed by atoms with Gasteiger partial charge in [-0.15, -0.1) is 0 Å². The summed E-state index contributed by atoms with van der Waals surface area (Å²) in [6.45, 7) is 14.0. The molecule has 1 amide bonds. The number of carbonyl (C=O) groups is 1. The summed E-state index contributed by atoms with van der Waals surface area (Å²) in [6.07, 6.45) is 3.58. The monoisotopic (exact) mass is 345 g/mol. The molecular formula is C21H35N3O. The van der Waals surface area contributed by atoms with Crippen molar-refractivity contribution in [2.75, 3.05) is 37.6 Å². The average Bonchev–Trinajstić information content (AvgIpc) is 3.10. The fourth-order valence-corrected chi connectivity index (χ4v) is 3.48. The van der Waals surface area contributed by atoms with Crippen molar-refractivity contribution in [1.29, 1.82) is 0 Å². The third-order valence-electron chi connectivity index (χ3n) is 5.26. The number of rotatable bonds is 9. The molecule has 140 valence electrons. The van der Waals surface area contributed by atoms with E-state index in [0.29, 0.717) is 12.0 Å². The van der Waals surface area contributed by atoms with E-state index in [1.165, 1.54) is 24.9 Å². The first kappa shape index (κ1) is 19.8. The largest absolute Gasteiger partial charge is 0.372 e. The number of anilines is 1. The van der Waals surface area contributed by atoms with Gasteiger partial charge in [-0.25, -0.2) is 0 Å². The normalized spacial score (nSPS) is 17.9. The van der Waals surface area contributed by atoms with Crippen molar-refractivity contribution in [3.05, 3.63) is 29.8 Å². The molecule has 0 aromatic heterocycles. The number of hydrogen-bond donors (Lipinski definition) is 1. The minimum Gasteiger partial charge on any atom is -0.372 e. The second kappa shape index (κ2) is 9.81. The summed E-state index contributed by atoms with van der Waals surface area (Å²) in [5.74, 6) is 0.626. The second-order valence-corrected chi connectivity index (χ2v) is 7.43. The molecule has 1 aliphatic rings.